The van der Waals surface area contributed by atoms with Gasteiger partial charge in [-0.3, -0.25) is 9.59 Å². The zero-order valence-corrected chi connectivity index (χ0v) is 12.5. The minimum atomic E-state index is -0.244. The second-order valence-corrected chi connectivity index (χ2v) is 5.89. The lowest BCUT2D eigenvalue weighted by molar-refractivity contribution is -0.122. The van der Waals surface area contributed by atoms with Gasteiger partial charge in [0.1, 0.15) is 5.75 Å². The van der Waals surface area contributed by atoms with Gasteiger partial charge in [-0.15, -0.1) is 0 Å². The average Bonchev–Trinajstić information content (AvgIpc) is 2.70. The van der Waals surface area contributed by atoms with Crippen molar-refractivity contribution in [2.45, 2.75) is 20.3 Å². The van der Waals surface area contributed by atoms with Gasteiger partial charge in [0, 0.05) is 0 Å². The highest BCUT2D eigenvalue weighted by molar-refractivity contribution is 6.23. The summed E-state index contributed by atoms with van der Waals surface area (Å²) in [7, 11) is 1.55. The number of nitrogens with zero attached hydrogens (tertiary/aromatic N) is 1. The molecule has 1 aromatic rings. The van der Waals surface area contributed by atoms with Crippen molar-refractivity contribution >= 4 is 17.5 Å². The Bertz CT molecular complexity index is 635. The lowest BCUT2D eigenvalue weighted by Gasteiger charge is -2.25. The van der Waals surface area contributed by atoms with Gasteiger partial charge in [0.2, 0.25) is 11.8 Å². The first-order valence-electron chi connectivity index (χ1n) is 7.22. The van der Waals surface area contributed by atoms with Gasteiger partial charge < -0.3 is 4.74 Å². The molecule has 1 aliphatic heterocycles. The molecule has 0 spiro atoms. The standard InChI is InChI=1S/C17H19NO3/c1-10-8-11(2)15-12(9-10)16(19)18(17(15)20)13-6-4-5-7-14(13)21-3/h4-8,11-12,15H,9H2,1-3H3/t11-,12+,15-/m1/s1. The molecular formula is C17H19NO3. The largest absolute Gasteiger partial charge is 0.495 e. The zero-order valence-electron chi connectivity index (χ0n) is 12.5. The fourth-order valence-corrected chi connectivity index (χ4v) is 3.57. The number of amides is 2. The quantitative estimate of drug-likeness (QED) is 0.620. The number of ether oxygens (including phenoxy) is 1. The number of para-hydroxylation sites is 2. The van der Waals surface area contributed by atoms with Crippen molar-refractivity contribution in [2.24, 2.45) is 17.8 Å². The second kappa shape index (κ2) is 5.02. The molecule has 0 N–H and O–H groups in total. The fourth-order valence-electron chi connectivity index (χ4n) is 3.57. The number of carbonyl (C=O) groups is 2. The van der Waals surface area contributed by atoms with Gasteiger partial charge >= 0.3 is 0 Å². The zero-order chi connectivity index (χ0) is 15.1. The van der Waals surface area contributed by atoms with Gasteiger partial charge in [0.25, 0.3) is 0 Å². The first-order valence-corrected chi connectivity index (χ1v) is 7.22. The van der Waals surface area contributed by atoms with Crippen molar-refractivity contribution in [3.63, 3.8) is 0 Å². The SMILES string of the molecule is COc1ccccc1N1C(=O)[C@@H]2[C@H](C)C=C(C)C[C@@H]2C1=O. The molecule has 3 atom stereocenters. The van der Waals surface area contributed by atoms with Crippen LogP contribution in [-0.4, -0.2) is 18.9 Å². The number of imide groups is 1. The molecule has 4 heteroatoms. The maximum atomic E-state index is 12.8. The van der Waals surface area contributed by atoms with Crippen LogP contribution >= 0.6 is 0 Å². The van der Waals surface area contributed by atoms with E-state index in [-0.39, 0.29) is 29.6 Å². The van der Waals surface area contributed by atoms with Crippen LogP contribution < -0.4 is 9.64 Å². The van der Waals surface area contributed by atoms with Gasteiger partial charge in [-0.25, -0.2) is 4.90 Å². The number of hydrogen-bond acceptors (Lipinski definition) is 3. The van der Waals surface area contributed by atoms with Gasteiger partial charge in [-0.1, -0.05) is 30.7 Å². The van der Waals surface area contributed by atoms with Crippen LogP contribution in [0.25, 0.3) is 0 Å². The van der Waals surface area contributed by atoms with Crippen LogP contribution in [0, 0.1) is 17.8 Å². The first-order chi connectivity index (χ1) is 10.0. The molecule has 0 bridgehead atoms. The van der Waals surface area contributed by atoms with Crippen LogP contribution in [-0.2, 0) is 9.59 Å². The molecule has 21 heavy (non-hydrogen) atoms. The van der Waals surface area contributed by atoms with E-state index in [4.69, 9.17) is 4.74 Å². The van der Waals surface area contributed by atoms with Crippen LogP contribution in [0.15, 0.2) is 35.9 Å². The topological polar surface area (TPSA) is 46.6 Å². The van der Waals surface area contributed by atoms with Gasteiger partial charge in [0.05, 0.1) is 24.6 Å². The molecule has 2 aliphatic rings. The Morgan fingerprint density at radius 3 is 2.62 bits per heavy atom. The van der Waals surface area contributed by atoms with Crippen LogP contribution in [0.4, 0.5) is 5.69 Å². The summed E-state index contributed by atoms with van der Waals surface area (Å²) in [6.45, 7) is 4.04. The van der Waals surface area contributed by atoms with Crippen LogP contribution in [0.5, 0.6) is 5.75 Å². The van der Waals surface area contributed by atoms with E-state index < -0.39 is 0 Å². The number of carbonyl (C=O) groups excluding carboxylic acids is 2. The Kier molecular flexibility index (Phi) is 3.32. The Morgan fingerprint density at radius 1 is 1.19 bits per heavy atom. The number of methoxy groups -OCH3 is 1. The molecule has 2 amide bonds. The highest BCUT2D eigenvalue weighted by atomic mass is 16.5. The third-order valence-electron chi connectivity index (χ3n) is 4.46. The molecule has 1 aliphatic carbocycles. The predicted molar refractivity (Wildman–Crippen MR) is 80.0 cm³/mol. The van der Waals surface area contributed by atoms with Crippen molar-refractivity contribution in [1.82, 2.24) is 0 Å². The molecule has 0 radical (unpaired) electrons. The minimum Gasteiger partial charge on any atom is -0.495 e. The molecule has 1 heterocycles. The molecule has 0 saturated carbocycles. The first kappa shape index (κ1) is 13.9. The van der Waals surface area contributed by atoms with Crippen LogP contribution in [0.3, 0.4) is 0 Å². The van der Waals surface area contributed by atoms with E-state index in [0.29, 0.717) is 17.9 Å². The third kappa shape index (κ3) is 2.06. The maximum absolute atomic E-state index is 12.8. The number of rotatable bonds is 2. The monoisotopic (exact) mass is 285 g/mol. The summed E-state index contributed by atoms with van der Waals surface area (Å²) in [5, 5.41) is 0. The summed E-state index contributed by atoms with van der Waals surface area (Å²) in [5.41, 5.74) is 1.74. The molecular weight excluding hydrogens is 266 g/mol. The predicted octanol–water partition coefficient (Wildman–Crippen LogP) is 2.79. The van der Waals surface area contributed by atoms with E-state index in [1.54, 1.807) is 19.2 Å². The van der Waals surface area contributed by atoms with E-state index >= 15 is 0 Å². The highest BCUT2D eigenvalue weighted by Gasteiger charge is 2.51. The lowest BCUT2D eigenvalue weighted by Crippen LogP contribution is -2.31. The van der Waals surface area contributed by atoms with Crippen molar-refractivity contribution in [3.05, 3.63) is 35.9 Å². The van der Waals surface area contributed by atoms with E-state index in [9.17, 15) is 9.59 Å². The fraction of sp³-hybridized carbons (Fsp3) is 0.412. The Labute approximate surface area is 124 Å². The van der Waals surface area contributed by atoms with Gasteiger partial charge in [-0.05, 0) is 31.4 Å². The molecule has 4 nitrogen and oxygen atoms in total. The Hall–Kier alpha value is -2.10. The van der Waals surface area contributed by atoms with E-state index in [0.717, 1.165) is 0 Å². The van der Waals surface area contributed by atoms with Crippen LogP contribution in [0.2, 0.25) is 0 Å². The van der Waals surface area contributed by atoms with E-state index in [1.165, 1.54) is 10.5 Å². The lowest BCUT2D eigenvalue weighted by atomic mass is 9.76. The highest BCUT2D eigenvalue weighted by Crippen LogP contribution is 2.44. The maximum Gasteiger partial charge on any atom is 0.238 e. The Balaban J connectivity index is 2.03. The summed E-state index contributed by atoms with van der Waals surface area (Å²) in [6, 6.07) is 7.17. The van der Waals surface area contributed by atoms with Crippen molar-refractivity contribution in [2.75, 3.05) is 12.0 Å². The summed E-state index contributed by atoms with van der Waals surface area (Å²) >= 11 is 0. The second-order valence-electron chi connectivity index (χ2n) is 5.89. The summed E-state index contributed by atoms with van der Waals surface area (Å²) < 4.78 is 5.30. The van der Waals surface area contributed by atoms with E-state index in [1.807, 2.05) is 26.0 Å². The minimum absolute atomic E-state index is 0.0971. The molecule has 3 rings (SSSR count). The van der Waals surface area contributed by atoms with Crippen molar-refractivity contribution < 1.29 is 14.3 Å². The normalized spacial score (nSPS) is 28.4. The number of allylic oxidation sites excluding steroid dienone is 2. The number of hydrogen-bond donors (Lipinski definition) is 0. The van der Waals surface area contributed by atoms with Gasteiger partial charge in [0.15, 0.2) is 0 Å². The molecule has 1 fully saturated rings. The summed E-state index contributed by atoms with van der Waals surface area (Å²) in [5.74, 6) is -0.0387. The molecule has 1 saturated heterocycles. The Morgan fingerprint density at radius 2 is 1.90 bits per heavy atom. The van der Waals surface area contributed by atoms with Crippen molar-refractivity contribution in [1.29, 1.82) is 0 Å². The van der Waals surface area contributed by atoms with Gasteiger partial charge in [-0.2, -0.15) is 0 Å². The molecule has 110 valence electrons. The molecule has 0 unspecified atom stereocenters. The van der Waals surface area contributed by atoms with E-state index in [2.05, 4.69) is 6.08 Å². The number of benzene rings is 1. The van der Waals surface area contributed by atoms with Crippen LogP contribution in [0.1, 0.15) is 20.3 Å². The summed E-state index contributed by atoms with van der Waals surface area (Å²) in [4.78, 5) is 26.8. The smallest absolute Gasteiger partial charge is 0.238 e. The number of fused-ring (bicyclic) bond motifs is 1. The summed E-state index contributed by atoms with van der Waals surface area (Å²) in [6.07, 6.45) is 2.78. The molecule has 1 aromatic carbocycles. The average molecular weight is 285 g/mol. The number of anilines is 1. The molecule has 0 aromatic heterocycles. The third-order valence-corrected chi connectivity index (χ3v) is 4.46. The van der Waals surface area contributed by atoms with Crippen molar-refractivity contribution in [3.8, 4) is 5.75 Å².